The molecule has 10 nitrogen and oxygen atoms in total. The summed E-state index contributed by atoms with van der Waals surface area (Å²) in [6.07, 6.45) is 2.06. The molecule has 0 saturated carbocycles. The minimum absolute atomic E-state index is 0.00807. The van der Waals surface area contributed by atoms with Crippen LogP contribution in [0.3, 0.4) is 0 Å². The normalized spacial score (nSPS) is 11.2. The highest BCUT2D eigenvalue weighted by Crippen LogP contribution is 2.24. The molecule has 1 atom stereocenters. The van der Waals surface area contributed by atoms with Gasteiger partial charge in [0.15, 0.2) is 5.82 Å². The number of ether oxygens (including phenoxy) is 1. The van der Waals surface area contributed by atoms with E-state index in [1.54, 1.807) is 36.4 Å². The summed E-state index contributed by atoms with van der Waals surface area (Å²) in [6, 6.07) is 12.6. The molecule has 10 heteroatoms. The first kappa shape index (κ1) is 20.4. The number of nitrogens with two attached hydrogens (primary N) is 2. The lowest BCUT2D eigenvalue weighted by Gasteiger charge is -2.13. The summed E-state index contributed by atoms with van der Waals surface area (Å²) in [5.74, 6) is 0.590. The zero-order valence-corrected chi connectivity index (χ0v) is 15.6. The molecule has 0 aliphatic carbocycles. The van der Waals surface area contributed by atoms with Gasteiger partial charge in [0.2, 0.25) is 5.88 Å². The summed E-state index contributed by atoms with van der Waals surface area (Å²) >= 11 is 0. The second kappa shape index (κ2) is 9.22. The number of hydrogen-bond acceptors (Lipinski definition) is 9. The Balaban J connectivity index is 1.85. The standard InChI is InChI=1S/C20H17N7O3/c21-8-12-1-6-18(24-10-12)30-15-4-2-13(3-5-15)20-26-16(19(23)29)7-17(27-20)25-14(9-22)11-28/h1-7,10-11,14H,9,22H2,(H2,23,29)(H,25,26,27)/t14-/m0/s1. The number of hydrogen-bond donors (Lipinski definition) is 3. The van der Waals surface area contributed by atoms with Gasteiger partial charge in [0, 0.05) is 30.4 Å². The zero-order valence-electron chi connectivity index (χ0n) is 15.6. The largest absolute Gasteiger partial charge is 0.439 e. The molecular weight excluding hydrogens is 386 g/mol. The molecule has 2 heterocycles. The number of aldehydes is 1. The van der Waals surface area contributed by atoms with Crippen LogP contribution in [0.4, 0.5) is 5.82 Å². The van der Waals surface area contributed by atoms with Crippen molar-refractivity contribution < 1.29 is 14.3 Å². The Morgan fingerprint density at radius 3 is 2.57 bits per heavy atom. The van der Waals surface area contributed by atoms with E-state index >= 15 is 0 Å². The van der Waals surface area contributed by atoms with Gasteiger partial charge in [-0.15, -0.1) is 0 Å². The molecule has 0 bridgehead atoms. The maximum atomic E-state index is 11.6. The maximum Gasteiger partial charge on any atom is 0.267 e. The van der Waals surface area contributed by atoms with Gasteiger partial charge in [0.1, 0.15) is 29.6 Å². The highest BCUT2D eigenvalue weighted by atomic mass is 16.5. The minimum Gasteiger partial charge on any atom is -0.439 e. The number of primary amides is 1. The Kier molecular flexibility index (Phi) is 6.26. The van der Waals surface area contributed by atoms with Crippen molar-refractivity contribution in [2.75, 3.05) is 11.9 Å². The Morgan fingerprint density at radius 2 is 2.00 bits per heavy atom. The number of carbonyl (C=O) groups is 2. The third-order valence-corrected chi connectivity index (χ3v) is 3.93. The first-order chi connectivity index (χ1) is 14.5. The van der Waals surface area contributed by atoms with E-state index in [2.05, 4.69) is 20.3 Å². The van der Waals surface area contributed by atoms with Gasteiger partial charge in [-0.25, -0.2) is 15.0 Å². The summed E-state index contributed by atoms with van der Waals surface area (Å²) < 4.78 is 5.64. The van der Waals surface area contributed by atoms with E-state index in [1.807, 2.05) is 6.07 Å². The monoisotopic (exact) mass is 403 g/mol. The van der Waals surface area contributed by atoms with Crippen molar-refractivity contribution in [1.82, 2.24) is 15.0 Å². The van der Waals surface area contributed by atoms with Gasteiger partial charge in [-0.3, -0.25) is 4.79 Å². The van der Waals surface area contributed by atoms with Crippen LogP contribution in [0, 0.1) is 11.3 Å². The van der Waals surface area contributed by atoms with Gasteiger partial charge in [0.25, 0.3) is 5.91 Å². The number of amides is 1. The number of nitrogens with one attached hydrogen (secondary N) is 1. The molecule has 0 saturated heterocycles. The van der Waals surface area contributed by atoms with Crippen molar-refractivity contribution >= 4 is 18.0 Å². The van der Waals surface area contributed by atoms with Gasteiger partial charge >= 0.3 is 0 Å². The number of benzene rings is 1. The van der Waals surface area contributed by atoms with Gasteiger partial charge in [-0.2, -0.15) is 5.26 Å². The fraction of sp³-hybridized carbons (Fsp3) is 0.100. The lowest BCUT2D eigenvalue weighted by molar-refractivity contribution is -0.108. The fourth-order valence-electron chi connectivity index (χ4n) is 2.41. The van der Waals surface area contributed by atoms with E-state index in [0.717, 1.165) is 0 Å². The molecular formula is C20H17N7O3. The third kappa shape index (κ3) is 4.92. The molecule has 1 aromatic carbocycles. The second-order valence-corrected chi connectivity index (χ2v) is 6.07. The van der Waals surface area contributed by atoms with Gasteiger partial charge < -0.3 is 26.3 Å². The molecule has 0 unspecified atom stereocenters. The van der Waals surface area contributed by atoms with Crippen LogP contribution in [-0.4, -0.2) is 39.7 Å². The average molecular weight is 403 g/mol. The Morgan fingerprint density at radius 1 is 1.23 bits per heavy atom. The number of aromatic nitrogens is 3. The SMILES string of the molecule is N#Cc1ccc(Oc2ccc(-c3nc(N[C@H](C=O)CN)cc(C(N)=O)n3)cc2)nc1. The van der Waals surface area contributed by atoms with E-state index in [4.69, 9.17) is 21.5 Å². The van der Waals surface area contributed by atoms with E-state index in [0.29, 0.717) is 29.0 Å². The van der Waals surface area contributed by atoms with Crippen molar-refractivity contribution in [2.24, 2.45) is 11.5 Å². The molecule has 2 aromatic heterocycles. The molecule has 3 aromatic rings. The summed E-state index contributed by atoms with van der Waals surface area (Å²) in [5, 5.41) is 11.6. The number of nitrogens with zero attached hydrogens (tertiary/aromatic N) is 4. The van der Waals surface area contributed by atoms with Gasteiger partial charge in [0.05, 0.1) is 11.6 Å². The number of carbonyl (C=O) groups excluding carboxylic acids is 2. The summed E-state index contributed by atoms with van der Waals surface area (Å²) in [4.78, 5) is 35.2. The highest BCUT2D eigenvalue weighted by Gasteiger charge is 2.13. The number of rotatable bonds is 8. The molecule has 0 aliphatic rings. The highest BCUT2D eigenvalue weighted by molar-refractivity contribution is 5.92. The third-order valence-electron chi connectivity index (χ3n) is 3.93. The maximum absolute atomic E-state index is 11.6. The minimum atomic E-state index is -0.732. The first-order valence-corrected chi connectivity index (χ1v) is 8.77. The summed E-state index contributed by atoms with van der Waals surface area (Å²) in [5.41, 5.74) is 11.9. The lowest BCUT2D eigenvalue weighted by atomic mass is 10.2. The number of nitriles is 1. The molecule has 150 valence electrons. The fourth-order valence-corrected chi connectivity index (χ4v) is 2.41. The van der Waals surface area contributed by atoms with Gasteiger partial charge in [-0.05, 0) is 30.3 Å². The lowest BCUT2D eigenvalue weighted by Crippen LogP contribution is -2.30. The molecule has 0 aliphatic heterocycles. The topological polar surface area (TPSA) is 170 Å². The molecule has 0 fully saturated rings. The van der Waals surface area contributed by atoms with Crippen LogP contribution >= 0.6 is 0 Å². The average Bonchev–Trinajstić information content (AvgIpc) is 2.78. The molecule has 1 amide bonds. The van der Waals surface area contributed by atoms with E-state index in [1.165, 1.54) is 12.3 Å². The van der Waals surface area contributed by atoms with Crippen LogP contribution in [-0.2, 0) is 4.79 Å². The molecule has 3 rings (SSSR count). The Hall–Kier alpha value is -4.36. The van der Waals surface area contributed by atoms with Crippen molar-refractivity contribution in [3.05, 3.63) is 59.9 Å². The van der Waals surface area contributed by atoms with Crippen LogP contribution in [0.5, 0.6) is 11.6 Å². The predicted molar refractivity (Wildman–Crippen MR) is 108 cm³/mol. The summed E-state index contributed by atoms with van der Waals surface area (Å²) in [6.45, 7) is 0.0597. The molecule has 5 N–H and O–H groups in total. The van der Waals surface area contributed by atoms with Crippen LogP contribution < -0.4 is 21.5 Å². The van der Waals surface area contributed by atoms with E-state index in [9.17, 15) is 9.59 Å². The van der Waals surface area contributed by atoms with Crippen molar-refractivity contribution in [2.45, 2.75) is 6.04 Å². The van der Waals surface area contributed by atoms with E-state index in [-0.39, 0.29) is 23.9 Å². The molecule has 30 heavy (non-hydrogen) atoms. The predicted octanol–water partition coefficient (Wildman–Crippen LogP) is 1.24. The van der Waals surface area contributed by atoms with E-state index < -0.39 is 11.9 Å². The quantitative estimate of drug-likeness (QED) is 0.468. The number of anilines is 1. The Bertz CT molecular complexity index is 1090. The number of pyridine rings is 1. The van der Waals surface area contributed by atoms with Crippen LogP contribution in [0.15, 0.2) is 48.7 Å². The molecule has 0 radical (unpaired) electrons. The van der Waals surface area contributed by atoms with Crippen molar-refractivity contribution in [3.8, 4) is 29.1 Å². The van der Waals surface area contributed by atoms with Crippen LogP contribution in [0.25, 0.3) is 11.4 Å². The second-order valence-electron chi connectivity index (χ2n) is 6.07. The van der Waals surface area contributed by atoms with Crippen molar-refractivity contribution in [3.63, 3.8) is 0 Å². The van der Waals surface area contributed by atoms with Gasteiger partial charge in [-0.1, -0.05) is 0 Å². The zero-order chi connectivity index (χ0) is 21.5. The van der Waals surface area contributed by atoms with Crippen LogP contribution in [0.1, 0.15) is 16.1 Å². The summed E-state index contributed by atoms with van der Waals surface area (Å²) in [7, 11) is 0. The Labute approximate surface area is 171 Å². The smallest absolute Gasteiger partial charge is 0.267 e. The molecule has 0 spiro atoms. The van der Waals surface area contributed by atoms with Crippen molar-refractivity contribution in [1.29, 1.82) is 5.26 Å². The van der Waals surface area contributed by atoms with Crippen LogP contribution in [0.2, 0.25) is 0 Å². The first-order valence-electron chi connectivity index (χ1n) is 8.77.